The maximum atomic E-state index is 5.48. The van der Waals surface area contributed by atoms with Gasteiger partial charge in [0.05, 0.1) is 7.11 Å². The number of ether oxygens (including phenoxy) is 3. The molecule has 1 aromatic heterocycles. The van der Waals surface area contributed by atoms with Crippen LogP contribution < -0.4 is 19.5 Å². The van der Waals surface area contributed by atoms with Crippen LogP contribution in [0.3, 0.4) is 0 Å². The Kier molecular flexibility index (Phi) is 3.69. The van der Waals surface area contributed by atoms with E-state index in [1.54, 1.807) is 13.3 Å². The summed E-state index contributed by atoms with van der Waals surface area (Å²) in [6.45, 7) is 1.76. The first-order chi connectivity index (χ1) is 9.86. The highest BCUT2D eigenvalue weighted by atomic mass is 16.7. The molecular formula is C15H16N2O3. The fraction of sp³-hybridized carbons (Fsp3) is 0.267. The predicted octanol–water partition coefficient (Wildman–Crippen LogP) is 2.11. The first-order valence-corrected chi connectivity index (χ1v) is 6.44. The summed E-state index contributed by atoms with van der Waals surface area (Å²) in [6, 6.07) is 9.81. The molecule has 3 rings (SSSR count). The molecule has 0 amide bonds. The zero-order chi connectivity index (χ0) is 13.8. The van der Waals surface area contributed by atoms with Crippen LogP contribution in [-0.2, 0) is 13.1 Å². The van der Waals surface area contributed by atoms with E-state index in [2.05, 4.69) is 10.3 Å². The second kappa shape index (κ2) is 5.79. The van der Waals surface area contributed by atoms with Gasteiger partial charge in [0.1, 0.15) is 0 Å². The molecule has 0 aliphatic carbocycles. The Labute approximate surface area is 117 Å². The Hall–Kier alpha value is -2.27. The number of benzene rings is 1. The normalized spacial score (nSPS) is 12.4. The first kappa shape index (κ1) is 12.7. The molecule has 2 aromatic rings. The minimum absolute atomic E-state index is 0.300. The highest BCUT2D eigenvalue weighted by Gasteiger charge is 2.16. The lowest BCUT2D eigenvalue weighted by molar-refractivity contribution is 0.173. The lowest BCUT2D eigenvalue weighted by atomic mass is 10.2. The summed E-state index contributed by atoms with van der Waals surface area (Å²) in [7, 11) is 1.62. The highest BCUT2D eigenvalue weighted by Crippen LogP contribution is 2.35. The van der Waals surface area contributed by atoms with Gasteiger partial charge in [-0.2, -0.15) is 0 Å². The SMILES string of the molecule is COc1cc(CNCc2cccc3c2OCO3)ccn1. The molecule has 2 heterocycles. The van der Waals surface area contributed by atoms with E-state index in [0.717, 1.165) is 35.7 Å². The van der Waals surface area contributed by atoms with Crippen molar-refractivity contribution < 1.29 is 14.2 Å². The van der Waals surface area contributed by atoms with Crippen LogP contribution in [0.5, 0.6) is 17.4 Å². The van der Waals surface area contributed by atoms with Gasteiger partial charge in [0.25, 0.3) is 0 Å². The van der Waals surface area contributed by atoms with Gasteiger partial charge in [-0.25, -0.2) is 4.98 Å². The van der Waals surface area contributed by atoms with Crippen LogP contribution in [-0.4, -0.2) is 18.9 Å². The quantitative estimate of drug-likeness (QED) is 0.903. The molecule has 1 aliphatic rings. The van der Waals surface area contributed by atoms with Crippen molar-refractivity contribution >= 4 is 0 Å². The molecule has 1 N–H and O–H groups in total. The van der Waals surface area contributed by atoms with Gasteiger partial charge < -0.3 is 19.5 Å². The van der Waals surface area contributed by atoms with Gasteiger partial charge in [0.2, 0.25) is 12.7 Å². The molecule has 0 atom stereocenters. The molecule has 5 nitrogen and oxygen atoms in total. The Morgan fingerprint density at radius 2 is 2.20 bits per heavy atom. The molecule has 1 aliphatic heterocycles. The summed E-state index contributed by atoms with van der Waals surface area (Å²) in [5.74, 6) is 2.28. The summed E-state index contributed by atoms with van der Waals surface area (Å²) in [5.41, 5.74) is 2.22. The number of methoxy groups -OCH3 is 1. The molecule has 0 bridgehead atoms. The average molecular weight is 272 g/mol. The summed E-state index contributed by atoms with van der Waals surface area (Å²) >= 11 is 0. The van der Waals surface area contributed by atoms with E-state index in [4.69, 9.17) is 14.2 Å². The predicted molar refractivity (Wildman–Crippen MR) is 73.9 cm³/mol. The van der Waals surface area contributed by atoms with Crippen LogP contribution in [0.2, 0.25) is 0 Å². The van der Waals surface area contributed by atoms with Gasteiger partial charge in [0, 0.05) is 30.9 Å². The van der Waals surface area contributed by atoms with Crippen LogP contribution in [0.25, 0.3) is 0 Å². The Balaban J connectivity index is 1.61. The maximum absolute atomic E-state index is 5.48. The van der Waals surface area contributed by atoms with Crippen molar-refractivity contribution in [3.63, 3.8) is 0 Å². The van der Waals surface area contributed by atoms with Crippen LogP contribution in [0.4, 0.5) is 0 Å². The van der Waals surface area contributed by atoms with Crippen molar-refractivity contribution in [1.82, 2.24) is 10.3 Å². The lowest BCUT2D eigenvalue weighted by Crippen LogP contribution is -2.13. The van der Waals surface area contributed by atoms with Crippen molar-refractivity contribution in [2.24, 2.45) is 0 Å². The third kappa shape index (κ3) is 2.67. The molecule has 0 unspecified atom stereocenters. The number of nitrogens with one attached hydrogen (secondary N) is 1. The van der Waals surface area contributed by atoms with Gasteiger partial charge in [-0.3, -0.25) is 0 Å². The monoisotopic (exact) mass is 272 g/mol. The van der Waals surface area contributed by atoms with E-state index < -0.39 is 0 Å². The van der Waals surface area contributed by atoms with Gasteiger partial charge in [-0.1, -0.05) is 12.1 Å². The number of pyridine rings is 1. The third-order valence-corrected chi connectivity index (χ3v) is 3.13. The van der Waals surface area contributed by atoms with Crippen molar-refractivity contribution in [3.8, 4) is 17.4 Å². The smallest absolute Gasteiger partial charge is 0.231 e. The molecule has 0 spiro atoms. The van der Waals surface area contributed by atoms with E-state index in [1.807, 2.05) is 30.3 Å². The Bertz CT molecular complexity index is 601. The Morgan fingerprint density at radius 1 is 1.25 bits per heavy atom. The summed E-state index contributed by atoms with van der Waals surface area (Å²) in [4.78, 5) is 4.08. The van der Waals surface area contributed by atoms with E-state index >= 15 is 0 Å². The fourth-order valence-corrected chi connectivity index (χ4v) is 2.14. The van der Waals surface area contributed by atoms with E-state index in [1.165, 1.54) is 0 Å². The zero-order valence-corrected chi connectivity index (χ0v) is 11.3. The second-order valence-corrected chi connectivity index (χ2v) is 4.46. The summed E-state index contributed by atoms with van der Waals surface area (Å²) in [6.07, 6.45) is 1.74. The molecule has 20 heavy (non-hydrogen) atoms. The minimum Gasteiger partial charge on any atom is -0.481 e. The van der Waals surface area contributed by atoms with E-state index in [-0.39, 0.29) is 0 Å². The molecule has 0 saturated carbocycles. The Morgan fingerprint density at radius 3 is 3.10 bits per heavy atom. The van der Waals surface area contributed by atoms with Crippen molar-refractivity contribution in [2.75, 3.05) is 13.9 Å². The number of nitrogens with zero attached hydrogens (tertiary/aromatic N) is 1. The highest BCUT2D eigenvalue weighted by molar-refractivity contribution is 5.48. The maximum Gasteiger partial charge on any atom is 0.231 e. The van der Waals surface area contributed by atoms with E-state index in [9.17, 15) is 0 Å². The van der Waals surface area contributed by atoms with Crippen molar-refractivity contribution in [2.45, 2.75) is 13.1 Å². The minimum atomic E-state index is 0.300. The topological polar surface area (TPSA) is 52.6 Å². The number of hydrogen-bond donors (Lipinski definition) is 1. The van der Waals surface area contributed by atoms with Crippen molar-refractivity contribution in [3.05, 3.63) is 47.7 Å². The van der Waals surface area contributed by atoms with Gasteiger partial charge >= 0.3 is 0 Å². The van der Waals surface area contributed by atoms with Crippen LogP contribution in [0.15, 0.2) is 36.5 Å². The molecular weight excluding hydrogens is 256 g/mol. The van der Waals surface area contributed by atoms with Gasteiger partial charge in [0.15, 0.2) is 11.5 Å². The molecule has 0 fully saturated rings. The van der Waals surface area contributed by atoms with Crippen LogP contribution in [0, 0.1) is 0 Å². The zero-order valence-electron chi connectivity index (χ0n) is 11.3. The molecule has 5 heteroatoms. The summed E-state index contributed by atoms with van der Waals surface area (Å²) < 4.78 is 15.9. The largest absolute Gasteiger partial charge is 0.481 e. The van der Waals surface area contributed by atoms with E-state index in [0.29, 0.717) is 12.7 Å². The molecule has 0 saturated heterocycles. The third-order valence-electron chi connectivity index (χ3n) is 3.13. The average Bonchev–Trinajstić information content (AvgIpc) is 2.97. The number of hydrogen-bond acceptors (Lipinski definition) is 5. The number of aromatic nitrogens is 1. The molecule has 104 valence electrons. The fourth-order valence-electron chi connectivity index (χ4n) is 2.14. The molecule has 1 aromatic carbocycles. The van der Waals surface area contributed by atoms with Crippen LogP contribution in [0.1, 0.15) is 11.1 Å². The summed E-state index contributed by atoms with van der Waals surface area (Å²) in [5, 5.41) is 3.38. The lowest BCUT2D eigenvalue weighted by Gasteiger charge is -2.08. The second-order valence-electron chi connectivity index (χ2n) is 4.46. The molecule has 0 radical (unpaired) electrons. The number of fused-ring (bicyclic) bond motifs is 1. The number of rotatable bonds is 5. The van der Waals surface area contributed by atoms with Crippen LogP contribution >= 0.6 is 0 Å². The van der Waals surface area contributed by atoms with Gasteiger partial charge in [-0.05, 0) is 17.7 Å². The first-order valence-electron chi connectivity index (χ1n) is 6.44. The number of para-hydroxylation sites is 1. The van der Waals surface area contributed by atoms with Crippen molar-refractivity contribution in [1.29, 1.82) is 0 Å². The standard InChI is InChI=1S/C15H16N2O3/c1-18-14-7-11(5-6-17-14)8-16-9-12-3-2-4-13-15(12)20-10-19-13/h2-7,16H,8-10H2,1H3. The van der Waals surface area contributed by atoms with Gasteiger partial charge in [-0.15, -0.1) is 0 Å².